The van der Waals surface area contributed by atoms with Gasteiger partial charge >= 0.3 is 5.97 Å². The number of likely N-dealkylation sites (tertiary alicyclic amines) is 1. The molecule has 1 saturated heterocycles. The predicted molar refractivity (Wildman–Crippen MR) is 130 cm³/mol. The molecule has 9 heteroatoms. The van der Waals surface area contributed by atoms with E-state index in [1.54, 1.807) is 18.2 Å². The van der Waals surface area contributed by atoms with Crippen molar-refractivity contribution in [3.05, 3.63) is 64.4 Å². The van der Waals surface area contributed by atoms with Crippen molar-refractivity contribution >= 4 is 29.4 Å². The average molecular weight is 505 g/mol. The molecule has 7 nitrogen and oxygen atoms in total. The van der Waals surface area contributed by atoms with Crippen molar-refractivity contribution < 1.29 is 28.6 Å². The van der Waals surface area contributed by atoms with E-state index in [0.29, 0.717) is 23.7 Å². The van der Waals surface area contributed by atoms with Crippen molar-refractivity contribution in [1.82, 2.24) is 9.80 Å². The van der Waals surface area contributed by atoms with Gasteiger partial charge in [-0.3, -0.25) is 24.2 Å². The lowest BCUT2D eigenvalue weighted by atomic mass is 9.99. The van der Waals surface area contributed by atoms with Gasteiger partial charge in [-0.05, 0) is 41.3 Å². The standard InChI is InChI=1S/C26H30ClFN2O5/c1-17(2)15-29(22(14-26(33)34)19-4-6-20(27)7-5-19)16-18-3-8-23(21(28)13-18)35-12-11-30-24(31)9-10-25(30)32/h3-8,13,17,22H,9-12,14-16H2,1-2H3,(H,33,34). The highest BCUT2D eigenvalue weighted by Gasteiger charge is 2.28. The molecule has 0 aromatic heterocycles. The van der Waals surface area contributed by atoms with Crippen LogP contribution in [0.4, 0.5) is 4.39 Å². The molecule has 1 N–H and O–H groups in total. The third-order valence-electron chi connectivity index (χ3n) is 5.77. The van der Waals surface area contributed by atoms with Gasteiger partial charge in [-0.25, -0.2) is 4.39 Å². The number of ether oxygens (including phenoxy) is 1. The molecule has 1 aliphatic rings. The quantitative estimate of drug-likeness (QED) is 0.422. The fourth-order valence-corrected chi connectivity index (χ4v) is 4.32. The molecule has 35 heavy (non-hydrogen) atoms. The number of hydrogen-bond acceptors (Lipinski definition) is 5. The highest BCUT2D eigenvalue weighted by atomic mass is 35.5. The molecule has 0 aliphatic carbocycles. The highest BCUT2D eigenvalue weighted by Crippen LogP contribution is 2.29. The topological polar surface area (TPSA) is 87.2 Å². The maximum Gasteiger partial charge on any atom is 0.305 e. The summed E-state index contributed by atoms with van der Waals surface area (Å²) in [5.41, 5.74) is 1.49. The van der Waals surface area contributed by atoms with E-state index >= 15 is 0 Å². The summed E-state index contributed by atoms with van der Waals surface area (Å²) in [4.78, 5) is 38.2. The molecule has 2 aromatic rings. The summed E-state index contributed by atoms with van der Waals surface area (Å²) >= 11 is 6.02. The molecule has 188 valence electrons. The van der Waals surface area contributed by atoms with Crippen molar-refractivity contribution in [2.45, 2.75) is 45.7 Å². The van der Waals surface area contributed by atoms with Crippen LogP contribution >= 0.6 is 11.6 Å². The first-order chi connectivity index (χ1) is 16.6. The molecular formula is C26H30ClFN2O5. The number of carbonyl (C=O) groups excluding carboxylic acids is 2. The summed E-state index contributed by atoms with van der Waals surface area (Å²) in [7, 11) is 0. The molecule has 1 unspecified atom stereocenters. The fourth-order valence-electron chi connectivity index (χ4n) is 4.19. The van der Waals surface area contributed by atoms with Gasteiger partial charge in [0.15, 0.2) is 11.6 Å². The lowest BCUT2D eigenvalue weighted by Gasteiger charge is -2.33. The second kappa shape index (κ2) is 12.1. The Morgan fingerprint density at radius 1 is 1.14 bits per heavy atom. The summed E-state index contributed by atoms with van der Waals surface area (Å²) < 4.78 is 20.3. The van der Waals surface area contributed by atoms with Crippen LogP contribution in [-0.2, 0) is 20.9 Å². The molecule has 1 aliphatic heterocycles. The van der Waals surface area contributed by atoms with E-state index < -0.39 is 17.8 Å². The molecule has 2 amide bonds. The number of carboxylic acids is 1. The van der Waals surface area contributed by atoms with Crippen molar-refractivity contribution in [2.24, 2.45) is 5.92 Å². The number of hydrogen-bond donors (Lipinski definition) is 1. The van der Waals surface area contributed by atoms with Crippen LogP contribution in [0.15, 0.2) is 42.5 Å². The summed E-state index contributed by atoms with van der Waals surface area (Å²) in [6.45, 7) is 5.12. The Kier molecular flexibility index (Phi) is 9.23. The Labute approximate surface area is 209 Å². The van der Waals surface area contributed by atoms with Crippen LogP contribution in [0.3, 0.4) is 0 Å². The molecule has 3 rings (SSSR count). The van der Waals surface area contributed by atoms with Crippen molar-refractivity contribution in [3.63, 3.8) is 0 Å². The number of carboxylic acid groups (broad SMARTS) is 1. The Morgan fingerprint density at radius 3 is 2.37 bits per heavy atom. The maximum absolute atomic E-state index is 14.8. The second-order valence-electron chi connectivity index (χ2n) is 9.04. The molecule has 2 aromatic carbocycles. The number of imide groups is 1. The summed E-state index contributed by atoms with van der Waals surface area (Å²) in [6.07, 6.45) is 0.299. The minimum Gasteiger partial charge on any atom is -0.489 e. The number of halogens is 2. The first kappa shape index (κ1) is 26.6. The van der Waals surface area contributed by atoms with Gasteiger partial charge in [-0.1, -0.05) is 43.6 Å². The fraction of sp³-hybridized carbons (Fsp3) is 0.423. The Balaban J connectivity index is 1.73. The third kappa shape index (κ3) is 7.50. The lowest BCUT2D eigenvalue weighted by molar-refractivity contribution is -0.140. The molecule has 0 radical (unpaired) electrons. The SMILES string of the molecule is CC(C)CN(Cc1ccc(OCCN2C(=O)CCC2=O)c(F)c1)C(CC(=O)O)c1ccc(Cl)cc1. The maximum atomic E-state index is 14.8. The van der Waals surface area contributed by atoms with Gasteiger partial charge in [-0.2, -0.15) is 0 Å². The van der Waals surface area contributed by atoms with Crippen LogP contribution in [0.25, 0.3) is 0 Å². The van der Waals surface area contributed by atoms with E-state index in [-0.39, 0.29) is 55.9 Å². The van der Waals surface area contributed by atoms with E-state index in [9.17, 15) is 23.9 Å². The zero-order chi connectivity index (χ0) is 25.5. The van der Waals surface area contributed by atoms with Gasteiger partial charge in [0.1, 0.15) is 6.61 Å². The van der Waals surface area contributed by atoms with Crippen LogP contribution in [0, 0.1) is 11.7 Å². The Morgan fingerprint density at radius 2 is 1.80 bits per heavy atom. The van der Waals surface area contributed by atoms with Crippen LogP contribution in [-0.4, -0.2) is 52.4 Å². The number of amides is 2. The van der Waals surface area contributed by atoms with Gasteiger partial charge in [0.25, 0.3) is 0 Å². The first-order valence-corrected chi connectivity index (χ1v) is 12.0. The van der Waals surface area contributed by atoms with Gasteiger partial charge in [0, 0.05) is 37.0 Å². The molecule has 1 heterocycles. The van der Waals surface area contributed by atoms with Crippen molar-refractivity contribution in [3.8, 4) is 5.75 Å². The number of carbonyl (C=O) groups is 3. The van der Waals surface area contributed by atoms with Crippen LogP contribution in [0.1, 0.15) is 50.3 Å². The molecule has 1 atom stereocenters. The smallest absolute Gasteiger partial charge is 0.305 e. The van der Waals surface area contributed by atoms with E-state index in [4.69, 9.17) is 16.3 Å². The van der Waals surface area contributed by atoms with Gasteiger partial charge in [0.05, 0.1) is 13.0 Å². The van der Waals surface area contributed by atoms with Crippen LogP contribution in [0.5, 0.6) is 5.75 Å². The predicted octanol–water partition coefficient (Wildman–Crippen LogP) is 4.68. The Hall–Kier alpha value is -2.97. The number of rotatable bonds is 12. The Bertz CT molecular complexity index is 1040. The lowest BCUT2D eigenvalue weighted by Crippen LogP contribution is -2.33. The third-order valence-corrected chi connectivity index (χ3v) is 6.02. The summed E-state index contributed by atoms with van der Waals surface area (Å²) in [5, 5.41) is 10.1. The highest BCUT2D eigenvalue weighted by molar-refractivity contribution is 6.30. The molecule has 0 spiro atoms. The van der Waals surface area contributed by atoms with E-state index in [2.05, 4.69) is 0 Å². The van der Waals surface area contributed by atoms with E-state index in [0.717, 1.165) is 10.5 Å². The van der Waals surface area contributed by atoms with Gasteiger partial charge < -0.3 is 9.84 Å². The zero-order valence-corrected chi connectivity index (χ0v) is 20.6. The first-order valence-electron chi connectivity index (χ1n) is 11.6. The van der Waals surface area contributed by atoms with Crippen LogP contribution in [0.2, 0.25) is 5.02 Å². The second-order valence-corrected chi connectivity index (χ2v) is 9.48. The zero-order valence-electron chi connectivity index (χ0n) is 19.9. The van der Waals surface area contributed by atoms with Crippen molar-refractivity contribution in [2.75, 3.05) is 19.7 Å². The monoisotopic (exact) mass is 504 g/mol. The minimum absolute atomic E-state index is 0.00444. The van der Waals surface area contributed by atoms with E-state index in [1.807, 2.05) is 30.9 Å². The van der Waals surface area contributed by atoms with Crippen LogP contribution < -0.4 is 4.74 Å². The molecule has 0 bridgehead atoms. The summed E-state index contributed by atoms with van der Waals surface area (Å²) in [6, 6.07) is 11.3. The van der Waals surface area contributed by atoms with Gasteiger partial charge in [-0.15, -0.1) is 0 Å². The number of aliphatic carboxylic acids is 1. The minimum atomic E-state index is -0.927. The van der Waals surface area contributed by atoms with E-state index in [1.165, 1.54) is 12.1 Å². The molecular weight excluding hydrogens is 475 g/mol. The molecule has 1 fully saturated rings. The summed E-state index contributed by atoms with van der Waals surface area (Å²) in [5.74, 6) is -1.69. The molecule has 0 saturated carbocycles. The van der Waals surface area contributed by atoms with Crippen molar-refractivity contribution in [1.29, 1.82) is 0 Å². The average Bonchev–Trinajstić information content (AvgIpc) is 3.11. The number of nitrogens with zero attached hydrogens (tertiary/aromatic N) is 2. The normalized spacial score (nSPS) is 14.7. The largest absolute Gasteiger partial charge is 0.489 e. The van der Waals surface area contributed by atoms with Gasteiger partial charge in [0.2, 0.25) is 11.8 Å². The number of benzene rings is 2.